The highest BCUT2D eigenvalue weighted by Gasteiger charge is 2.33. The first-order valence-corrected chi connectivity index (χ1v) is 5.01. The summed E-state index contributed by atoms with van der Waals surface area (Å²) in [6.07, 6.45) is 2.56. The molecule has 1 rings (SSSR count). The molecule has 0 heterocycles. The summed E-state index contributed by atoms with van der Waals surface area (Å²) in [5, 5.41) is -0.219. The van der Waals surface area contributed by atoms with Crippen molar-refractivity contribution in [1.29, 1.82) is 0 Å². The number of alkyl halides is 1. The number of rotatable bonds is 0. The first kappa shape index (κ1) is 10.0. The van der Waals surface area contributed by atoms with Gasteiger partial charge in [0.2, 0.25) is 0 Å². The first-order chi connectivity index (χ1) is 5.41. The maximum absolute atomic E-state index is 11.1. The van der Waals surface area contributed by atoms with E-state index in [0.29, 0.717) is 17.8 Å². The maximum Gasteiger partial charge on any atom is 0.150 e. The molecule has 0 N–H and O–H groups in total. The fourth-order valence-corrected chi connectivity index (χ4v) is 2.08. The van der Waals surface area contributed by atoms with Crippen LogP contribution in [0.2, 0.25) is 0 Å². The number of halogens is 1. The Labute approximate surface area is 79.5 Å². The van der Waals surface area contributed by atoms with Gasteiger partial charge in [-0.15, -0.1) is 11.6 Å². The lowest BCUT2D eigenvalue weighted by molar-refractivity contribution is -0.121. The molecule has 0 bridgehead atoms. The number of ketones is 1. The van der Waals surface area contributed by atoms with Crippen molar-refractivity contribution in [3.63, 3.8) is 0 Å². The van der Waals surface area contributed by atoms with Gasteiger partial charge in [0.05, 0.1) is 5.38 Å². The standard InChI is InChI=1S/C10H17ClO/c1-10(2,3)7-4-5-9(12)8(11)6-7/h7-8H,4-6H2,1-3H3/t7-,8?/m0/s1. The van der Waals surface area contributed by atoms with Crippen LogP contribution >= 0.6 is 11.6 Å². The van der Waals surface area contributed by atoms with Gasteiger partial charge in [-0.05, 0) is 24.2 Å². The van der Waals surface area contributed by atoms with Gasteiger partial charge in [-0.1, -0.05) is 20.8 Å². The van der Waals surface area contributed by atoms with Crippen LogP contribution in [0.3, 0.4) is 0 Å². The molecule has 1 unspecified atom stereocenters. The molecule has 0 aromatic heterocycles. The molecule has 0 aliphatic heterocycles. The van der Waals surface area contributed by atoms with Crippen LogP contribution in [0.15, 0.2) is 0 Å². The average molecular weight is 189 g/mol. The summed E-state index contributed by atoms with van der Waals surface area (Å²) in [6, 6.07) is 0. The van der Waals surface area contributed by atoms with E-state index < -0.39 is 0 Å². The quantitative estimate of drug-likeness (QED) is 0.535. The third-order valence-corrected chi connectivity index (χ3v) is 3.23. The van der Waals surface area contributed by atoms with E-state index in [9.17, 15) is 4.79 Å². The number of hydrogen-bond donors (Lipinski definition) is 0. The van der Waals surface area contributed by atoms with Gasteiger partial charge in [0.25, 0.3) is 0 Å². The van der Waals surface area contributed by atoms with Crippen LogP contribution in [-0.4, -0.2) is 11.2 Å². The van der Waals surface area contributed by atoms with Gasteiger partial charge in [-0.3, -0.25) is 4.79 Å². The molecule has 0 spiro atoms. The lowest BCUT2D eigenvalue weighted by Crippen LogP contribution is -2.32. The average Bonchev–Trinajstić information content (AvgIpc) is 1.92. The number of carbonyl (C=O) groups is 1. The van der Waals surface area contributed by atoms with E-state index in [1.165, 1.54) is 0 Å². The minimum atomic E-state index is -0.219. The zero-order chi connectivity index (χ0) is 9.35. The molecule has 1 fully saturated rings. The highest BCUT2D eigenvalue weighted by Crippen LogP contribution is 2.38. The third kappa shape index (κ3) is 2.22. The van der Waals surface area contributed by atoms with E-state index in [0.717, 1.165) is 12.8 Å². The summed E-state index contributed by atoms with van der Waals surface area (Å²) in [7, 11) is 0. The highest BCUT2D eigenvalue weighted by atomic mass is 35.5. The van der Waals surface area contributed by atoms with Gasteiger partial charge in [-0.25, -0.2) is 0 Å². The molecule has 1 aliphatic rings. The molecule has 0 saturated heterocycles. The zero-order valence-corrected chi connectivity index (χ0v) is 8.82. The van der Waals surface area contributed by atoms with Crippen molar-refractivity contribution >= 4 is 17.4 Å². The van der Waals surface area contributed by atoms with Crippen LogP contribution in [-0.2, 0) is 4.79 Å². The second-order valence-corrected chi connectivity index (χ2v) is 5.30. The van der Waals surface area contributed by atoms with Gasteiger partial charge in [-0.2, -0.15) is 0 Å². The first-order valence-electron chi connectivity index (χ1n) is 4.58. The fraction of sp³-hybridized carbons (Fsp3) is 0.900. The van der Waals surface area contributed by atoms with Crippen LogP contribution < -0.4 is 0 Å². The third-order valence-electron chi connectivity index (χ3n) is 2.80. The van der Waals surface area contributed by atoms with E-state index in [4.69, 9.17) is 11.6 Å². The van der Waals surface area contributed by atoms with E-state index >= 15 is 0 Å². The molecule has 1 saturated carbocycles. The molecular weight excluding hydrogens is 172 g/mol. The van der Waals surface area contributed by atoms with Gasteiger partial charge in [0, 0.05) is 6.42 Å². The highest BCUT2D eigenvalue weighted by molar-refractivity contribution is 6.31. The SMILES string of the molecule is CC(C)(C)[C@H]1CCC(=O)C(Cl)C1. The second kappa shape index (κ2) is 3.37. The van der Waals surface area contributed by atoms with Crippen molar-refractivity contribution in [2.75, 3.05) is 0 Å². The van der Waals surface area contributed by atoms with E-state index in [1.807, 2.05) is 0 Å². The van der Waals surface area contributed by atoms with Gasteiger partial charge >= 0.3 is 0 Å². The van der Waals surface area contributed by atoms with E-state index in [1.54, 1.807) is 0 Å². The Kier molecular flexibility index (Phi) is 2.82. The molecule has 1 aliphatic carbocycles. The lowest BCUT2D eigenvalue weighted by atomic mass is 9.72. The number of carbonyl (C=O) groups excluding carboxylic acids is 1. The summed E-state index contributed by atoms with van der Waals surface area (Å²) in [6.45, 7) is 6.66. The minimum absolute atomic E-state index is 0.219. The Morgan fingerprint density at radius 1 is 1.42 bits per heavy atom. The summed E-state index contributed by atoms with van der Waals surface area (Å²) in [4.78, 5) is 11.1. The second-order valence-electron chi connectivity index (χ2n) is 4.77. The monoisotopic (exact) mass is 188 g/mol. The van der Waals surface area contributed by atoms with Crippen LogP contribution in [0.25, 0.3) is 0 Å². The predicted octanol–water partition coefficient (Wildman–Crippen LogP) is 3.01. The van der Waals surface area contributed by atoms with Crippen molar-refractivity contribution in [3.05, 3.63) is 0 Å². The molecular formula is C10H17ClO. The van der Waals surface area contributed by atoms with Crippen molar-refractivity contribution in [2.24, 2.45) is 11.3 Å². The molecule has 0 aromatic rings. The van der Waals surface area contributed by atoms with Crippen molar-refractivity contribution in [1.82, 2.24) is 0 Å². The Bertz CT molecular complexity index is 181. The van der Waals surface area contributed by atoms with Gasteiger partial charge < -0.3 is 0 Å². The van der Waals surface area contributed by atoms with Crippen molar-refractivity contribution < 1.29 is 4.79 Å². The summed E-state index contributed by atoms with van der Waals surface area (Å²) < 4.78 is 0. The van der Waals surface area contributed by atoms with Crippen LogP contribution in [0.1, 0.15) is 40.0 Å². The summed E-state index contributed by atoms with van der Waals surface area (Å²) in [5.74, 6) is 0.842. The largest absolute Gasteiger partial charge is 0.298 e. The Hall–Kier alpha value is -0.0400. The minimum Gasteiger partial charge on any atom is -0.298 e. The van der Waals surface area contributed by atoms with Gasteiger partial charge in [0.1, 0.15) is 0 Å². The maximum atomic E-state index is 11.1. The molecule has 2 heteroatoms. The number of Topliss-reactive ketones (excluding diaryl/α,β-unsaturated/α-hetero) is 1. The Balaban J connectivity index is 2.57. The van der Waals surface area contributed by atoms with Crippen molar-refractivity contribution in [2.45, 2.75) is 45.4 Å². The van der Waals surface area contributed by atoms with Crippen molar-refractivity contribution in [3.8, 4) is 0 Å². The molecule has 0 amide bonds. The Morgan fingerprint density at radius 3 is 2.42 bits per heavy atom. The van der Waals surface area contributed by atoms with Crippen LogP contribution in [0.4, 0.5) is 0 Å². The molecule has 0 radical (unpaired) electrons. The van der Waals surface area contributed by atoms with Crippen LogP contribution in [0, 0.1) is 11.3 Å². The van der Waals surface area contributed by atoms with E-state index in [-0.39, 0.29) is 11.2 Å². The van der Waals surface area contributed by atoms with Gasteiger partial charge in [0.15, 0.2) is 5.78 Å². The normalized spacial score (nSPS) is 32.2. The molecule has 1 nitrogen and oxygen atoms in total. The summed E-state index contributed by atoms with van der Waals surface area (Å²) in [5.41, 5.74) is 0.299. The fourth-order valence-electron chi connectivity index (χ4n) is 1.76. The lowest BCUT2D eigenvalue weighted by Gasteiger charge is -2.35. The molecule has 12 heavy (non-hydrogen) atoms. The summed E-state index contributed by atoms with van der Waals surface area (Å²) >= 11 is 5.92. The van der Waals surface area contributed by atoms with Crippen LogP contribution in [0.5, 0.6) is 0 Å². The molecule has 70 valence electrons. The topological polar surface area (TPSA) is 17.1 Å². The Morgan fingerprint density at radius 2 is 2.00 bits per heavy atom. The van der Waals surface area contributed by atoms with E-state index in [2.05, 4.69) is 20.8 Å². The number of hydrogen-bond acceptors (Lipinski definition) is 1. The predicted molar refractivity (Wildman–Crippen MR) is 51.4 cm³/mol. The molecule has 2 atom stereocenters. The molecule has 0 aromatic carbocycles. The smallest absolute Gasteiger partial charge is 0.150 e. The zero-order valence-electron chi connectivity index (χ0n) is 8.06.